The highest BCUT2D eigenvalue weighted by Gasteiger charge is 2.22. The molecule has 3 aromatic heterocycles. The van der Waals surface area contributed by atoms with Crippen LogP contribution in [-0.4, -0.2) is 13.7 Å². The lowest BCUT2D eigenvalue weighted by molar-refractivity contribution is 1.09. The molecule has 0 aliphatic heterocycles. The Morgan fingerprint density at radius 2 is 0.709 bits per heavy atom. The van der Waals surface area contributed by atoms with E-state index in [-0.39, 0.29) is 0 Å². The summed E-state index contributed by atoms with van der Waals surface area (Å²) in [5.41, 5.74) is 12.1. The first-order chi connectivity index (χ1) is 27.2. The minimum atomic E-state index is 0.340. The summed E-state index contributed by atoms with van der Waals surface area (Å²) in [6.45, 7) is 0. The van der Waals surface area contributed by atoms with Crippen molar-refractivity contribution < 1.29 is 0 Å². The second-order valence-corrected chi connectivity index (χ2v) is 14.0. The lowest BCUT2D eigenvalue weighted by atomic mass is 10.0. The standard InChI is InChI=1S/C50H29N5/c51-30-34-28-49(54-44-19-9-5-14-37(44)38-15-6-10-20-45(38)54)50(29-35(34)31-52)55-46-21-11-7-17-40(46)42-26-32(23-25-47(42)55)33-22-24-41-39-16-4-8-18-43(39)53(48(41)27-33)36-12-2-1-3-13-36/h1-29H. The fourth-order valence-electron chi connectivity index (χ4n) is 8.72. The maximum Gasteiger partial charge on any atom is 0.101 e. The molecule has 5 nitrogen and oxygen atoms in total. The van der Waals surface area contributed by atoms with E-state index >= 15 is 0 Å². The molecule has 0 bridgehead atoms. The molecular formula is C50H29N5. The number of rotatable bonds is 4. The van der Waals surface area contributed by atoms with Crippen molar-refractivity contribution in [3.05, 3.63) is 187 Å². The number of benzene rings is 8. The van der Waals surface area contributed by atoms with Crippen LogP contribution in [0.5, 0.6) is 0 Å². The summed E-state index contributed by atoms with van der Waals surface area (Å²) in [5.74, 6) is 0. The van der Waals surface area contributed by atoms with E-state index in [1.54, 1.807) is 0 Å². The van der Waals surface area contributed by atoms with Crippen LogP contribution in [0.3, 0.4) is 0 Å². The fraction of sp³-hybridized carbons (Fsp3) is 0. The summed E-state index contributed by atoms with van der Waals surface area (Å²) in [6, 6.07) is 66.2. The quantitative estimate of drug-likeness (QED) is 0.184. The molecule has 55 heavy (non-hydrogen) atoms. The normalized spacial score (nSPS) is 11.6. The number of nitriles is 2. The van der Waals surface area contributed by atoms with E-state index in [1.807, 2.05) is 24.3 Å². The van der Waals surface area contributed by atoms with Gasteiger partial charge in [-0.3, -0.25) is 0 Å². The topological polar surface area (TPSA) is 62.4 Å². The van der Waals surface area contributed by atoms with Gasteiger partial charge in [-0.25, -0.2) is 0 Å². The number of aromatic nitrogens is 3. The summed E-state index contributed by atoms with van der Waals surface area (Å²) >= 11 is 0. The van der Waals surface area contributed by atoms with Gasteiger partial charge in [-0.15, -0.1) is 0 Å². The Balaban J connectivity index is 1.18. The Bertz CT molecular complexity index is 3400. The molecule has 11 rings (SSSR count). The van der Waals surface area contributed by atoms with E-state index < -0.39 is 0 Å². The second-order valence-electron chi connectivity index (χ2n) is 14.0. The predicted molar refractivity (Wildman–Crippen MR) is 224 cm³/mol. The first-order valence-corrected chi connectivity index (χ1v) is 18.3. The van der Waals surface area contributed by atoms with Crippen molar-refractivity contribution in [1.82, 2.24) is 13.7 Å². The summed E-state index contributed by atoms with van der Waals surface area (Å²) in [7, 11) is 0. The third-order valence-electron chi connectivity index (χ3n) is 11.1. The number of para-hydroxylation sites is 5. The molecule has 0 radical (unpaired) electrons. The zero-order valence-corrected chi connectivity index (χ0v) is 29.5. The summed E-state index contributed by atoms with van der Waals surface area (Å²) in [4.78, 5) is 0. The lowest BCUT2D eigenvalue weighted by Crippen LogP contribution is -2.05. The monoisotopic (exact) mass is 699 g/mol. The van der Waals surface area contributed by atoms with Gasteiger partial charge in [0, 0.05) is 38.0 Å². The highest BCUT2D eigenvalue weighted by Crippen LogP contribution is 2.41. The van der Waals surface area contributed by atoms with Gasteiger partial charge in [0.15, 0.2) is 0 Å². The Hall–Kier alpha value is -7.86. The lowest BCUT2D eigenvalue weighted by Gasteiger charge is -2.18. The maximum atomic E-state index is 10.3. The van der Waals surface area contributed by atoms with Gasteiger partial charge in [-0.05, 0) is 77.9 Å². The molecule has 0 unspecified atom stereocenters. The van der Waals surface area contributed by atoms with Crippen molar-refractivity contribution in [1.29, 1.82) is 10.5 Å². The van der Waals surface area contributed by atoms with Crippen LogP contribution in [-0.2, 0) is 0 Å². The SMILES string of the molecule is N#Cc1cc(-n2c3ccccc3c3ccccc32)c(-n2c3ccccc3c3cc(-c4ccc5c6ccccc6n(-c6ccccc6)c5c4)ccc32)cc1C#N. The van der Waals surface area contributed by atoms with E-state index in [4.69, 9.17) is 0 Å². The molecule has 0 aliphatic rings. The van der Waals surface area contributed by atoms with E-state index in [9.17, 15) is 10.5 Å². The zero-order chi connectivity index (χ0) is 36.6. The second kappa shape index (κ2) is 11.8. The van der Waals surface area contributed by atoms with Crippen molar-refractivity contribution in [2.45, 2.75) is 0 Å². The largest absolute Gasteiger partial charge is 0.309 e. The van der Waals surface area contributed by atoms with E-state index in [0.717, 1.165) is 77.3 Å². The van der Waals surface area contributed by atoms with Gasteiger partial charge in [0.1, 0.15) is 12.1 Å². The molecule has 0 spiro atoms. The fourth-order valence-corrected chi connectivity index (χ4v) is 8.72. The summed E-state index contributed by atoms with van der Waals surface area (Å²) in [6.07, 6.45) is 0. The minimum absolute atomic E-state index is 0.340. The van der Waals surface area contributed by atoms with Gasteiger partial charge >= 0.3 is 0 Å². The molecule has 0 saturated heterocycles. The Morgan fingerprint density at radius 3 is 1.24 bits per heavy atom. The average Bonchev–Trinajstić information content (AvgIpc) is 3.88. The molecule has 0 aliphatic carbocycles. The average molecular weight is 700 g/mol. The molecule has 0 fully saturated rings. The third kappa shape index (κ3) is 4.45. The Morgan fingerprint density at radius 1 is 0.309 bits per heavy atom. The van der Waals surface area contributed by atoms with Crippen LogP contribution in [0.4, 0.5) is 0 Å². The van der Waals surface area contributed by atoms with E-state index in [1.165, 1.54) is 16.3 Å². The highest BCUT2D eigenvalue weighted by molar-refractivity contribution is 6.13. The minimum Gasteiger partial charge on any atom is -0.309 e. The third-order valence-corrected chi connectivity index (χ3v) is 11.1. The predicted octanol–water partition coefficient (Wildman–Crippen LogP) is 12.4. The molecule has 8 aromatic carbocycles. The van der Waals surface area contributed by atoms with Crippen LogP contribution < -0.4 is 0 Å². The molecule has 254 valence electrons. The van der Waals surface area contributed by atoms with Gasteiger partial charge in [0.25, 0.3) is 0 Å². The first kappa shape index (κ1) is 30.7. The van der Waals surface area contributed by atoms with Crippen LogP contribution in [0.1, 0.15) is 11.1 Å². The molecule has 3 heterocycles. The van der Waals surface area contributed by atoms with Crippen molar-refractivity contribution in [3.63, 3.8) is 0 Å². The number of hydrogen-bond donors (Lipinski definition) is 0. The van der Waals surface area contributed by atoms with Crippen molar-refractivity contribution in [3.8, 4) is 40.3 Å². The number of fused-ring (bicyclic) bond motifs is 9. The summed E-state index contributed by atoms with van der Waals surface area (Å²) in [5, 5.41) is 27.5. The van der Waals surface area contributed by atoms with Crippen LogP contribution in [0.25, 0.3) is 93.6 Å². The molecule has 0 amide bonds. The zero-order valence-electron chi connectivity index (χ0n) is 29.5. The van der Waals surface area contributed by atoms with E-state index in [0.29, 0.717) is 11.1 Å². The van der Waals surface area contributed by atoms with E-state index in [2.05, 4.69) is 177 Å². The first-order valence-electron chi connectivity index (χ1n) is 18.3. The van der Waals surface area contributed by atoms with Gasteiger partial charge in [-0.1, -0.05) is 109 Å². The molecule has 5 heteroatoms. The Kier molecular flexibility index (Phi) is 6.61. The van der Waals surface area contributed by atoms with Crippen molar-refractivity contribution >= 4 is 65.4 Å². The molecule has 0 atom stereocenters. The van der Waals surface area contributed by atoms with Crippen molar-refractivity contribution in [2.75, 3.05) is 0 Å². The van der Waals surface area contributed by atoms with Gasteiger partial charge < -0.3 is 13.7 Å². The van der Waals surface area contributed by atoms with Crippen molar-refractivity contribution in [2.24, 2.45) is 0 Å². The van der Waals surface area contributed by atoms with Crippen LogP contribution in [0.15, 0.2) is 176 Å². The van der Waals surface area contributed by atoms with Crippen LogP contribution in [0.2, 0.25) is 0 Å². The number of nitrogens with zero attached hydrogens (tertiary/aromatic N) is 5. The Labute approximate surface area is 316 Å². The van der Waals surface area contributed by atoms with Crippen LogP contribution >= 0.6 is 0 Å². The smallest absolute Gasteiger partial charge is 0.101 e. The van der Waals surface area contributed by atoms with Gasteiger partial charge in [0.05, 0.1) is 55.6 Å². The number of hydrogen-bond acceptors (Lipinski definition) is 2. The molecule has 11 aromatic rings. The van der Waals surface area contributed by atoms with Crippen LogP contribution in [0, 0.1) is 22.7 Å². The maximum absolute atomic E-state index is 10.3. The molecule has 0 N–H and O–H groups in total. The summed E-state index contributed by atoms with van der Waals surface area (Å²) < 4.78 is 6.84. The molecular weight excluding hydrogens is 671 g/mol. The van der Waals surface area contributed by atoms with Gasteiger partial charge in [-0.2, -0.15) is 10.5 Å². The highest BCUT2D eigenvalue weighted by atomic mass is 15.1. The molecule has 0 saturated carbocycles. The van der Waals surface area contributed by atoms with Gasteiger partial charge in [0.2, 0.25) is 0 Å².